The number of ether oxygens (including phenoxy) is 2. The molecule has 132 valence electrons. The van der Waals surface area contributed by atoms with Gasteiger partial charge in [0.1, 0.15) is 0 Å². The minimum atomic E-state index is -0.00731. The van der Waals surface area contributed by atoms with E-state index in [9.17, 15) is 0 Å². The maximum absolute atomic E-state index is 6.73. The molecule has 0 aromatic carbocycles. The van der Waals surface area contributed by atoms with E-state index < -0.39 is 0 Å². The molecule has 6 bridgehead atoms. The van der Waals surface area contributed by atoms with Crippen molar-refractivity contribution >= 4 is 0 Å². The molecule has 3 saturated carbocycles. The summed E-state index contributed by atoms with van der Waals surface area (Å²) in [5.74, 6) is 8.56. The Kier molecular flexibility index (Phi) is 2.77. The fourth-order valence-electron chi connectivity index (χ4n) is 8.36. The van der Waals surface area contributed by atoms with Gasteiger partial charge in [0, 0.05) is 0 Å². The number of fused-ring (bicyclic) bond motifs is 16. The van der Waals surface area contributed by atoms with Crippen LogP contribution in [-0.2, 0) is 9.47 Å². The molecule has 6 rings (SSSR count). The first kappa shape index (κ1) is 14.8. The Bertz CT molecular complexity index is 589. The maximum Gasteiger partial charge on any atom is 0.0651 e. The summed E-state index contributed by atoms with van der Waals surface area (Å²) in [5, 5.41) is 0. The smallest absolute Gasteiger partial charge is 0.0651 e. The fourth-order valence-corrected chi connectivity index (χ4v) is 8.36. The Morgan fingerprint density at radius 1 is 0.917 bits per heavy atom. The molecule has 0 aromatic rings. The summed E-state index contributed by atoms with van der Waals surface area (Å²) in [7, 11) is 0. The SMILES string of the molecule is CC1C(COC(C)(C)C)C2CC1C1C3OC(C4C5C=CC(C5)C34)C21. The molecule has 2 heterocycles. The van der Waals surface area contributed by atoms with Gasteiger partial charge in [-0.3, -0.25) is 0 Å². The van der Waals surface area contributed by atoms with Crippen molar-refractivity contribution in [1.82, 2.24) is 0 Å². The van der Waals surface area contributed by atoms with Crippen LogP contribution < -0.4 is 0 Å². The Balaban J connectivity index is 1.28. The zero-order valence-electron chi connectivity index (χ0n) is 15.5. The first-order valence-corrected chi connectivity index (χ1v) is 10.4. The van der Waals surface area contributed by atoms with E-state index in [1.165, 1.54) is 12.8 Å². The molecule has 12 unspecified atom stereocenters. The van der Waals surface area contributed by atoms with Gasteiger partial charge < -0.3 is 9.47 Å². The minimum Gasteiger partial charge on any atom is -0.376 e. The normalized spacial score (nSPS) is 61.8. The summed E-state index contributed by atoms with van der Waals surface area (Å²) in [6, 6.07) is 0. The van der Waals surface area contributed by atoms with Gasteiger partial charge in [-0.1, -0.05) is 19.1 Å². The monoisotopic (exact) mass is 328 g/mol. The molecule has 4 aliphatic carbocycles. The van der Waals surface area contributed by atoms with Crippen molar-refractivity contribution in [2.24, 2.45) is 59.2 Å². The minimum absolute atomic E-state index is 0.00731. The second-order valence-electron chi connectivity index (χ2n) is 10.8. The van der Waals surface area contributed by atoms with Crippen LogP contribution in [0.4, 0.5) is 0 Å². The lowest BCUT2D eigenvalue weighted by Crippen LogP contribution is -2.48. The molecule has 0 radical (unpaired) electrons. The quantitative estimate of drug-likeness (QED) is 0.709. The third-order valence-electron chi connectivity index (χ3n) is 9.00. The van der Waals surface area contributed by atoms with Gasteiger partial charge in [-0.25, -0.2) is 0 Å². The molecule has 12 atom stereocenters. The lowest BCUT2D eigenvalue weighted by Gasteiger charge is -2.45. The average molecular weight is 328 g/mol. The van der Waals surface area contributed by atoms with Gasteiger partial charge in [0.25, 0.3) is 0 Å². The predicted octanol–water partition coefficient (Wildman–Crippen LogP) is 4.16. The van der Waals surface area contributed by atoms with Crippen molar-refractivity contribution in [2.75, 3.05) is 6.61 Å². The van der Waals surface area contributed by atoms with Crippen LogP contribution in [-0.4, -0.2) is 24.4 Å². The summed E-state index contributed by atoms with van der Waals surface area (Å²) in [4.78, 5) is 0. The van der Waals surface area contributed by atoms with Crippen molar-refractivity contribution in [3.05, 3.63) is 12.2 Å². The second kappa shape index (κ2) is 4.49. The average Bonchev–Trinajstić information content (AvgIpc) is 3.29. The van der Waals surface area contributed by atoms with E-state index in [1.807, 2.05) is 0 Å². The summed E-state index contributed by atoms with van der Waals surface area (Å²) in [6.07, 6.45) is 9.15. The molecule has 0 amide bonds. The molecule has 2 heteroatoms. The number of allylic oxidation sites excluding steroid dienone is 2. The van der Waals surface area contributed by atoms with E-state index in [0.29, 0.717) is 12.2 Å². The highest BCUT2D eigenvalue weighted by Crippen LogP contribution is 2.72. The molecule has 0 aromatic heterocycles. The van der Waals surface area contributed by atoms with E-state index >= 15 is 0 Å². The van der Waals surface area contributed by atoms with Crippen LogP contribution in [0.25, 0.3) is 0 Å². The van der Waals surface area contributed by atoms with Crippen molar-refractivity contribution in [1.29, 1.82) is 0 Å². The zero-order chi connectivity index (χ0) is 16.4. The lowest BCUT2D eigenvalue weighted by atomic mass is 9.57. The fraction of sp³-hybridized carbons (Fsp3) is 0.909. The van der Waals surface area contributed by atoms with Gasteiger partial charge in [0.05, 0.1) is 24.4 Å². The van der Waals surface area contributed by atoms with Crippen LogP contribution in [0.2, 0.25) is 0 Å². The first-order valence-electron chi connectivity index (χ1n) is 10.4. The number of hydrogen-bond acceptors (Lipinski definition) is 2. The van der Waals surface area contributed by atoms with Crippen LogP contribution in [0.15, 0.2) is 12.2 Å². The van der Waals surface area contributed by atoms with Gasteiger partial charge >= 0.3 is 0 Å². The van der Waals surface area contributed by atoms with Crippen molar-refractivity contribution in [2.45, 2.75) is 58.3 Å². The maximum atomic E-state index is 6.73. The van der Waals surface area contributed by atoms with Gasteiger partial charge in [-0.2, -0.15) is 0 Å². The third-order valence-corrected chi connectivity index (χ3v) is 9.00. The zero-order valence-corrected chi connectivity index (χ0v) is 15.5. The molecular formula is C22H32O2. The highest BCUT2D eigenvalue weighted by molar-refractivity contribution is 5.26. The third kappa shape index (κ3) is 1.66. The summed E-state index contributed by atoms with van der Waals surface area (Å²) < 4.78 is 13.0. The van der Waals surface area contributed by atoms with Crippen molar-refractivity contribution < 1.29 is 9.47 Å². The number of hydrogen-bond donors (Lipinski definition) is 0. The van der Waals surface area contributed by atoms with E-state index in [0.717, 1.165) is 65.8 Å². The summed E-state index contributed by atoms with van der Waals surface area (Å²) in [5.41, 5.74) is -0.00731. The summed E-state index contributed by atoms with van der Waals surface area (Å²) >= 11 is 0. The van der Waals surface area contributed by atoms with Crippen LogP contribution in [0.1, 0.15) is 40.5 Å². The van der Waals surface area contributed by atoms with E-state index in [4.69, 9.17) is 9.47 Å². The van der Waals surface area contributed by atoms with Crippen LogP contribution in [0.5, 0.6) is 0 Å². The van der Waals surface area contributed by atoms with Gasteiger partial charge in [0.15, 0.2) is 0 Å². The Hall–Kier alpha value is -0.340. The Morgan fingerprint density at radius 2 is 1.54 bits per heavy atom. The van der Waals surface area contributed by atoms with Crippen LogP contribution in [0, 0.1) is 59.2 Å². The largest absolute Gasteiger partial charge is 0.376 e. The molecule has 0 N–H and O–H groups in total. The van der Waals surface area contributed by atoms with E-state index in [-0.39, 0.29) is 5.60 Å². The molecule has 2 aliphatic heterocycles. The van der Waals surface area contributed by atoms with Gasteiger partial charge in [-0.15, -0.1) is 0 Å². The highest BCUT2D eigenvalue weighted by Gasteiger charge is 2.73. The van der Waals surface area contributed by atoms with Gasteiger partial charge in [0.2, 0.25) is 0 Å². The molecule has 2 saturated heterocycles. The van der Waals surface area contributed by atoms with E-state index in [1.54, 1.807) is 0 Å². The molecule has 6 aliphatic rings. The van der Waals surface area contributed by atoms with Gasteiger partial charge in [-0.05, 0) is 92.8 Å². The molecular weight excluding hydrogens is 296 g/mol. The predicted molar refractivity (Wildman–Crippen MR) is 93.3 cm³/mol. The molecule has 2 nitrogen and oxygen atoms in total. The van der Waals surface area contributed by atoms with Crippen molar-refractivity contribution in [3.8, 4) is 0 Å². The highest BCUT2D eigenvalue weighted by atomic mass is 16.5. The second-order valence-corrected chi connectivity index (χ2v) is 10.8. The lowest BCUT2D eigenvalue weighted by molar-refractivity contribution is -0.0596. The molecule has 0 spiro atoms. The number of rotatable bonds is 2. The molecule has 5 fully saturated rings. The van der Waals surface area contributed by atoms with Crippen LogP contribution in [0.3, 0.4) is 0 Å². The molecule has 24 heavy (non-hydrogen) atoms. The Morgan fingerprint density at radius 3 is 2.17 bits per heavy atom. The van der Waals surface area contributed by atoms with Crippen LogP contribution >= 0.6 is 0 Å². The summed E-state index contributed by atoms with van der Waals surface area (Å²) in [6.45, 7) is 10.1. The first-order chi connectivity index (χ1) is 11.4. The Labute approximate surface area is 146 Å². The topological polar surface area (TPSA) is 18.5 Å². The van der Waals surface area contributed by atoms with E-state index in [2.05, 4.69) is 39.8 Å². The van der Waals surface area contributed by atoms with Crippen molar-refractivity contribution in [3.63, 3.8) is 0 Å². The standard InChI is InChI=1S/C22H32O2/c1-10-13-8-14(15(10)9-23-22(2,3)4)19-18(13)20-16-11-5-6-12(7-11)17(16)21(19)24-20/h5-6,10-21H,7-9H2,1-4H3.